The van der Waals surface area contributed by atoms with Crippen molar-refractivity contribution >= 4 is 50.3 Å². The number of nitro groups is 1. The number of benzene rings is 3. The summed E-state index contributed by atoms with van der Waals surface area (Å²) in [5.41, 5.74) is 0.263. The third-order valence-electron chi connectivity index (χ3n) is 6.24. The largest absolute Gasteiger partial charge is 0.490 e. The van der Waals surface area contributed by atoms with Crippen LogP contribution in [0.4, 0.5) is 15.8 Å². The Bertz CT molecular complexity index is 1720. The molecule has 13 heteroatoms. The molecule has 4 aromatic rings. The average molecular weight is 640 g/mol. The second kappa shape index (κ2) is 13.3. The van der Waals surface area contributed by atoms with Crippen molar-refractivity contribution in [3.05, 3.63) is 96.7 Å². The second-order valence-corrected chi connectivity index (χ2v) is 10.1. The summed E-state index contributed by atoms with van der Waals surface area (Å²) in [6.45, 7) is 5.16. The van der Waals surface area contributed by atoms with Crippen molar-refractivity contribution in [2.45, 2.75) is 33.1 Å². The summed E-state index contributed by atoms with van der Waals surface area (Å²) < 4.78 is 26.2. The van der Waals surface area contributed by atoms with Gasteiger partial charge in [0.15, 0.2) is 12.4 Å². The van der Waals surface area contributed by atoms with Gasteiger partial charge in [-0.25, -0.2) is 9.37 Å². The minimum Gasteiger partial charge on any atom is -0.490 e. The van der Waals surface area contributed by atoms with Gasteiger partial charge in [-0.1, -0.05) is 29.8 Å². The number of amides is 1. The first-order valence-corrected chi connectivity index (χ1v) is 13.8. The highest BCUT2D eigenvalue weighted by Gasteiger charge is 2.24. The molecule has 0 unspecified atom stereocenters. The Kier molecular flexibility index (Phi) is 9.63. The standard InChI is InChI=1S/C29H27BrFN5O6/c1-4-17(3)28-34-23-11-6-19(30)14-22(23)29(38)35(28)32-15-18-12-24(36(39)40)27(25(13-18)41-5-2)42-16-26(37)33-21-9-7-20(31)8-10-21/h6-15,17H,4-5,16H2,1-3H3,(H,33,37)/t17-/m0/s1. The Morgan fingerprint density at radius 1 is 1.19 bits per heavy atom. The number of carbonyl (C=O) groups is 1. The number of aromatic nitrogens is 2. The molecule has 0 bridgehead atoms. The van der Waals surface area contributed by atoms with Crippen molar-refractivity contribution in [3.8, 4) is 11.5 Å². The second-order valence-electron chi connectivity index (χ2n) is 9.20. The van der Waals surface area contributed by atoms with E-state index in [4.69, 9.17) is 9.47 Å². The van der Waals surface area contributed by atoms with Crippen molar-refractivity contribution in [1.82, 2.24) is 9.66 Å². The summed E-state index contributed by atoms with van der Waals surface area (Å²) >= 11 is 3.38. The van der Waals surface area contributed by atoms with E-state index >= 15 is 0 Å². The maximum absolute atomic E-state index is 13.4. The number of halogens is 2. The van der Waals surface area contributed by atoms with Crippen LogP contribution in [0.2, 0.25) is 0 Å². The fourth-order valence-corrected chi connectivity index (χ4v) is 4.36. The molecule has 0 aliphatic rings. The molecule has 1 amide bonds. The van der Waals surface area contributed by atoms with Crippen LogP contribution in [0.3, 0.4) is 0 Å². The van der Waals surface area contributed by atoms with Gasteiger partial charge in [0.1, 0.15) is 11.6 Å². The van der Waals surface area contributed by atoms with E-state index in [-0.39, 0.29) is 35.1 Å². The van der Waals surface area contributed by atoms with Crippen LogP contribution in [0.1, 0.15) is 44.5 Å². The number of ether oxygens (including phenoxy) is 2. The number of nitrogens with one attached hydrogen (secondary N) is 1. The molecular formula is C29H27BrFN5O6. The van der Waals surface area contributed by atoms with E-state index < -0.39 is 28.9 Å². The molecule has 218 valence electrons. The van der Waals surface area contributed by atoms with Gasteiger partial charge in [-0.3, -0.25) is 19.7 Å². The first kappa shape index (κ1) is 30.3. The zero-order valence-corrected chi connectivity index (χ0v) is 24.6. The van der Waals surface area contributed by atoms with Gasteiger partial charge in [0.05, 0.1) is 28.6 Å². The molecule has 0 aliphatic carbocycles. The summed E-state index contributed by atoms with van der Waals surface area (Å²) in [4.78, 5) is 41.8. The number of nitrogens with zero attached hydrogens (tertiary/aromatic N) is 4. The van der Waals surface area contributed by atoms with E-state index in [1.165, 1.54) is 47.3 Å². The predicted octanol–water partition coefficient (Wildman–Crippen LogP) is 6.02. The number of anilines is 1. The molecular weight excluding hydrogens is 613 g/mol. The molecule has 4 rings (SSSR count). The topological polar surface area (TPSA) is 138 Å². The minimum absolute atomic E-state index is 0.0118. The van der Waals surface area contributed by atoms with Gasteiger partial charge in [0, 0.05) is 27.7 Å². The van der Waals surface area contributed by atoms with Crippen LogP contribution in [0.15, 0.2) is 69.0 Å². The Hall–Kier alpha value is -4.65. The molecule has 0 radical (unpaired) electrons. The van der Waals surface area contributed by atoms with Crippen molar-refractivity contribution in [3.63, 3.8) is 0 Å². The summed E-state index contributed by atoms with van der Waals surface area (Å²) in [6, 6.07) is 13.0. The average Bonchev–Trinajstić information content (AvgIpc) is 2.97. The molecule has 11 nitrogen and oxygen atoms in total. The molecule has 0 fully saturated rings. The van der Waals surface area contributed by atoms with E-state index in [2.05, 4.69) is 31.3 Å². The summed E-state index contributed by atoms with van der Waals surface area (Å²) in [5, 5.41) is 19.3. The van der Waals surface area contributed by atoms with Crippen LogP contribution in [0.5, 0.6) is 11.5 Å². The third-order valence-corrected chi connectivity index (χ3v) is 6.73. The predicted molar refractivity (Wildman–Crippen MR) is 160 cm³/mol. The monoisotopic (exact) mass is 639 g/mol. The summed E-state index contributed by atoms with van der Waals surface area (Å²) in [7, 11) is 0. The van der Waals surface area contributed by atoms with Crippen LogP contribution in [-0.2, 0) is 4.79 Å². The van der Waals surface area contributed by atoms with E-state index in [9.17, 15) is 24.1 Å². The highest BCUT2D eigenvalue weighted by atomic mass is 79.9. The molecule has 1 heterocycles. The highest BCUT2D eigenvalue weighted by Crippen LogP contribution is 2.38. The molecule has 1 aromatic heterocycles. The van der Waals surface area contributed by atoms with E-state index in [1.54, 1.807) is 25.1 Å². The summed E-state index contributed by atoms with van der Waals surface area (Å²) in [6.07, 6.45) is 2.00. The smallest absolute Gasteiger partial charge is 0.315 e. The van der Waals surface area contributed by atoms with Crippen LogP contribution >= 0.6 is 15.9 Å². The number of carbonyl (C=O) groups excluding carboxylic acids is 1. The number of hydrogen-bond donors (Lipinski definition) is 1. The Morgan fingerprint density at radius 2 is 1.93 bits per heavy atom. The van der Waals surface area contributed by atoms with Crippen LogP contribution in [-0.4, -0.2) is 39.9 Å². The fourth-order valence-electron chi connectivity index (χ4n) is 4.00. The van der Waals surface area contributed by atoms with Crippen molar-refractivity contribution in [2.24, 2.45) is 5.10 Å². The molecule has 0 aliphatic heterocycles. The minimum atomic E-state index is -0.668. The number of fused-ring (bicyclic) bond motifs is 1. The first-order chi connectivity index (χ1) is 20.1. The van der Waals surface area contributed by atoms with Gasteiger partial charge in [-0.15, -0.1) is 0 Å². The third kappa shape index (κ3) is 6.97. The van der Waals surface area contributed by atoms with Crippen LogP contribution in [0.25, 0.3) is 10.9 Å². The van der Waals surface area contributed by atoms with E-state index in [1.807, 2.05) is 13.8 Å². The lowest BCUT2D eigenvalue weighted by atomic mass is 10.1. The Labute approximate surface area is 248 Å². The lowest BCUT2D eigenvalue weighted by Crippen LogP contribution is -2.23. The molecule has 1 N–H and O–H groups in total. The molecule has 0 spiro atoms. The molecule has 1 atom stereocenters. The van der Waals surface area contributed by atoms with E-state index in [0.29, 0.717) is 33.3 Å². The summed E-state index contributed by atoms with van der Waals surface area (Å²) in [5.74, 6) is -0.971. The van der Waals surface area contributed by atoms with Crippen molar-refractivity contribution in [2.75, 3.05) is 18.5 Å². The number of hydrogen-bond acceptors (Lipinski definition) is 8. The van der Waals surface area contributed by atoms with Gasteiger partial charge in [-0.05, 0) is 61.9 Å². The normalized spacial score (nSPS) is 11.9. The number of nitro benzene ring substituents is 1. The zero-order valence-electron chi connectivity index (χ0n) is 23.0. The maximum Gasteiger partial charge on any atom is 0.315 e. The van der Waals surface area contributed by atoms with Crippen molar-refractivity contribution < 1.29 is 23.6 Å². The van der Waals surface area contributed by atoms with Gasteiger partial charge in [-0.2, -0.15) is 9.78 Å². The molecule has 0 saturated heterocycles. The van der Waals surface area contributed by atoms with Gasteiger partial charge < -0.3 is 14.8 Å². The first-order valence-electron chi connectivity index (χ1n) is 13.0. The van der Waals surface area contributed by atoms with Crippen molar-refractivity contribution in [1.29, 1.82) is 0 Å². The number of rotatable bonds is 11. The van der Waals surface area contributed by atoms with Gasteiger partial charge >= 0.3 is 5.69 Å². The SMILES string of the molecule is CCOc1cc(C=Nn2c([C@@H](C)CC)nc3ccc(Br)cc3c2=O)cc([N+](=O)[O-])c1OCC(=O)Nc1ccc(F)cc1. The van der Waals surface area contributed by atoms with Gasteiger partial charge in [0.25, 0.3) is 11.5 Å². The van der Waals surface area contributed by atoms with Gasteiger partial charge in [0.2, 0.25) is 5.75 Å². The molecule has 3 aromatic carbocycles. The lowest BCUT2D eigenvalue weighted by molar-refractivity contribution is -0.385. The Morgan fingerprint density at radius 3 is 2.60 bits per heavy atom. The molecule has 0 saturated carbocycles. The maximum atomic E-state index is 13.4. The van der Waals surface area contributed by atoms with Crippen LogP contribution < -0.4 is 20.3 Å². The highest BCUT2D eigenvalue weighted by molar-refractivity contribution is 9.10. The lowest BCUT2D eigenvalue weighted by Gasteiger charge is -2.14. The Balaban J connectivity index is 1.69. The van der Waals surface area contributed by atoms with E-state index in [0.717, 1.165) is 0 Å². The zero-order chi connectivity index (χ0) is 30.4. The van der Waals surface area contributed by atoms with Crippen LogP contribution in [0, 0.1) is 15.9 Å². The fraction of sp³-hybridized carbons (Fsp3) is 0.241. The molecule has 42 heavy (non-hydrogen) atoms. The quantitative estimate of drug-likeness (QED) is 0.120.